The molecule has 14 heteroatoms. The highest BCUT2D eigenvalue weighted by atomic mass is 32.1. The Bertz CT molecular complexity index is 1980. The van der Waals surface area contributed by atoms with E-state index in [1.54, 1.807) is 12.1 Å². The molecule has 4 aromatic heterocycles. The number of β-amino-alcohol motifs (C(OH)–C–C–N with tert-alkyl or cyclic N) is 1. The number of hydrogen-bond acceptors (Lipinski definition) is 11. The molecule has 2 fully saturated rings. The van der Waals surface area contributed by atoms with Crippen molar-refractivity contribution in [3.05, 3.63) is 71.4 Å². The summed E-state index contributed by atoms with van der Waals surface area (Å²) in [5.74, 6) is 1.09. The number of thiazole rings is 1. The monoisotopic (exact) mass is 666 g/mol. The maximum absolute atomic E-state index is 13.6. The Kier molecular flexibility index (Phi) is 8.74. The van der Waals surface area contributed by atoms with E-state index in [4.69, 9.17) is 19.9 Å². The number of hydrogen-bond donors (Lipinski definition) is 3. The smallest absolute Gasteiger partial charge is 0.237 e. The highest BCUT2D eigenvalue weighted by molar-refractivity contribution is 7.16. The Balaban J connectivity index is 1.08. The average Bonchev–Trinajstić information content (AvgIpc) is 3.85. The van der Waals surface area contributed by atoms with Crippen molar-refractivity contribution in [3.8, 4) is 28.5 Å². The van der Waals surface area contributed by atoms with Gasteiger partial charge in [-0.05, 0) is 62.1 Å². The van der Waals surface area contributed by atoms with Gasteiger partial charge in [-0.1, -0.05) is 18.3 Å². The SMILES string of the molecule is CCc1nc2ccc(-c3cnc(N4CCC(NC(=O)C5C[C@@H](O)CN5)CC4)nc3)cn2c1N(C)c1nc(-c2ccc(F)cc2)c(C#N)s1. The summed E-state index contributed by atoms with van der Waals surface area (Å²) in [6, 6.07) is 12.0. The van der Waals surface area contributed by atoms with E-state index >= 15 is 0 Å². The van der Waals surface area contributed by atoms with Crippen molar-refractivity contribution < 1.29 is 14.3 Å². The molecule has 0 radical (unpaired) electrons. The lowest BCUT2D eigenvalue weighted by Crippen LogP contribution is -2.49. The predicted molar refractivity (Wildman–Crippen MR) is 182 cm³/mol. The quantitative estimate of drug-likeness (QED) is 0.222. The molecule has 48 heavy (non-hydrogen) atoms. The third-order valence-electron chi connectivity index (χ3n) is 8.96. The molecule has 5 aromatic rings. The van der Waals surface area contributed by atoms with Crippen molar-refractivity contribution in [2.45, 2.75) is 50.8 Å². The van der Waals surface area contributed by atoms with Crippen LogP contribution in [0.3, 0.4) is 0 Å². The first-order valence-electron chi connectivity index (χ1n) is 16.0. The van der Waals surface area contributed by atoms with Crippen LogP contribution in [0.5, 0.6) is 0 Å². The number of aliphatic hydroxyl groups is 1. The third-order valence-corrected chi connectivity index (χ3v) is 9.99. The molecule has 3 N–H and O–H groups in total. The molecule has 2 saturated heterocycles. The number of nitriles is 1. The Morgan fingerprint density at radius 2 is 1.85 bits per heavy atom. The van der Waals surface area contributed by atoms with Gasteiger partial charge in [0, 0.05) is 68.0 Å². The van der Waals surface area contributed by atoms with Gasteiger partial charge in [-0.3, -0.25) is 9.20 Å². The molecular formula is C34H35FN10O2S. The molecule has 2 atom stereocenters. The molecule has 0 spiro atoms. The van der Waals surface area contributed by atoms with E-state index in [0.29, 0.717) is 46.6 Å². The van der Waals surface area contributed by atoms with E-state index in [1.165, 1.54) is 23.5 Å². The fourth-order valence-corrected chi connectivity index (χ4v) is 7.19. The molecule has 1 unspecified atom stereocenters. The van der Waals surface area contributed by atoms with E-state index < -0.39 is 6.10 Å². The Labute approximate surface area is 280 Å². The molecule has 1 amide bonds. The van der Waals surface area contributed by atoms with Crippen LogP contribution in [0.1, 0.15) is 36.8 Å². The zero-order chi connectivity index (χ0) is 33.4. The summed E-state index contributed by atoms with van der Waals surface area (Å²) >= 11 is 1.28. The van der Waals surface area contributed by atoms with E-state index in [2.05, 4.69) is 21.6 Å². The van der Waals surface area contributed by atoms with Crippen LogP contribution >= 0.6 is 11.3 Å². The molecule has 1 aromatic carbocycles. The van der Waals surface area contributed by atoms with Gasteiger partial charge in [0.25, 0.3) is 0 Å². The molecule has 0 aliphatic carbocycles. The van der Waals surface area contributed by atoms with Gasteiger partial charge < -0.3 is 25.5 Å². The molecule has 2 aliphatic heterocycles. The number of aryl methyl sites for hydroxylation is 1. The highest BCUT2D eigenvalue weighted by Gasteiger charge is 2.30. The number of imidazole rings is 1. The number of pyridine rings is 1. The van der Waals surface area contributed by atoms with Crippen molar-refractivity contribution in [1.82, 2.24) is 35.0 Å². The minimum absolute atomic E-state index is 0.0470. The van der Waals surface area contributed by atoms with Gasteiger partial charge in [0.1, 0.15) is 33.9 Å². The van der Waals surface area contributed by atoms with E-state index in [-0.39, 0.29) is 23.8 Å². The molecule has 246 valence electrons. The zero-order valence-electron chi connectivity index (χ0n) is 26.6. The fourth-order valence-electron chi connectivity index (χ4n) is 6.34. The van der Waals surface area contributed by atoms with Gasteiger partial charge in [-0.2, -0.15) is 5.26 Å². The average molecular weight is 667 g/mol. The third kappa shape index (κ3) is 6.19. The first-order valence-corrected chi connectivity index (χ1v) is 16.8. The molecule has 7 rings (SSSR count). The number of piperidine rings is 1. The maximum Gasteiger partial charge on any atom is 0.237 e. The number of benzene rings is 1. The second-order valence-electron chi connectivity index (χ2n) is 12.1. The van der Waals surface area contributed by atoms with Gasteiger partial charge in [0.15, 0.2) is 5.13 Å². The zero-order valence-corrected chi connectivity index (χ0v) is 27.4. The van der Waals surface area contributed by atoms with Crippen LogP contribution in [-0.4, -0.2) is 80.2 Å². The van der Waals surface area contributed by atoms with E-state index in [0.717, 1.165) is 54.2 Å². The minimum atomic E-state index is -0.465. The van der Waals surface area contributed by atoms with Crippen molar-refractivity contribution in [2.75, 3.05) is 36.5 Å². The van der Waals surface area contributed by atoms with Crippen LogP contribution < -0.4 is 20.4 Å². The Morgan fingerprint density at radius 3 is 2.52 bits per heavy atom. The lowest BCUT2D eigenvalue weighted by atomic mass is 10.0. The van der Waals surface area contributed by atoms with Gasteiger partial charge in [-0.15, -0.1) is 0 Å². The van der Waals surface area contributed by atoms with Crippen LogP contribution in [0.25, 0.3) is 28.0 Å². The standard InChI is InChI=1S/C34H35FN10O2S/c1-3-26-32(43(2)34-42-30(28(15-36)48-34)20-4-7-23(35)8-5-20)45-19-21(6-9-29(45)41-26)22-16-38-33(39-17-22)44-12-10-24(11-13-44)40-31(47)27-14-25(46)18-37-27/h4-9,16-17,19,24-25,27,37,46H,3,10-14,18H2,1-2H3,(H,40,47)/t25-,27?/m1/s1. The largest absolute Gasteiger partial charge is 0.392 e. The number of carbonyl (C=O) groups is 1. The first kappa shape index (κ1) is 31.6. The fraction of sp³-hybridized carbons (Fsp3) is 0.353. The molecule has 0 saturated carbocycles. The van der Waals surface area contributed by atoms with Crippen LogP contribution in [0, 0.1) is 17.1 Å². The number of anilines is 3. The number of nitrogens with zero attached hydrogens (tertiary/aromatic N) is 8. The number of nitrogens with one attached hydrogen (secondary N) is 2. The summed E-state index contributed by atoms with van der Waals surface area (Å²) in [7, 11) is 1.91. The van der Waals surface area contributed by atoms with Crippen LogP contribution in [0.15, 0.2) is 55.0 Å². The van der Waals surface area contributed by atoms with Crippen LogP contribution in [0.4, 0.5) is 21.3 Å². The number of aromatic nitrogens is 5. The number of halogens is 1. The predicted octanol–water partition coefficient (Wildman–Crippen LogP) is 4.06. The normalized spacial score (nSPS) is 18.3. The van der Waals surface area contributed by atoms with Gasteiger partial charge in [0.2, 0.25) is 11.9 Å². The summed E-state index contributed by atoms with van der Waals surface area (Å²) in [5, 5.41) is 26.4. The van der Waals surface area contributed by atoms with Gasteiger partial charge >= 0.3 is 0 Å². The van der Waals surface area contributed by atoms with Gasteiger partial charge in [-0.25, -0.2) is 24.3 Å². The number of aliphatic hydroxyl groups excluding tert-OH is 1. The number of fused-ring (bicyclic) bond motifs is 1. The van der Waals surface area contributed by atoms with Crippen molar-refractivity contribution in [3.63, 3.8) is 0 Å². The molecule has 0 bridgehead atoms. The highest BCUT2D eigenvalue weighted by Crippen LogP contribution is 2.37. The van der Waals surface area contributed by atoms with E-state index in [9.17, 15) is 19.6 Å². The number of amides is 1. The lowest BCUT2D eigenvalue weighted by molar-refractivity contribution is -0.123. The van der Waals surface area contributed by atoms with Crippen molar-refractivity contribution in [2.24, 2.45) is 0 Å². The lowest BCUT2D eigenvalue weighted by Gasteiger charge is -2.32. The Morgan fingerprint density at radius 1 is 1.12 bits per heavy atom. The van der Waals surface area contributed by atoms with Crippen molar-refractivity contribution in [1.29, 1.82) is 5.26 Å². The summed E-state index contributed by atoms with van der Waals surface area (Å²) in [6.07, 6.45) is 7.92. The minimum Gasteiger partial charge on any atom is -0.392 e. The molecule has 6 heterocycles. The first-order chi connectivity index (χ1) is 23.3. The van der Waals surface area contributed by atoms with Gasteiger partial charge in [0.05, 0.1) is 17.8 Å². The summed E-state index contributed by atoms with van der Waals surface area (Å²) in [6.45, 7) is 3.97. The summed E-state index contributed by atoms with van der Waals surface area (Å²) in [5.41, 5.74) is 4.63. The van der Waals surface area contributed by atoms with E-state index in [1.807, 2.05) is 54.0 Å². The number of rotatable bonds is 8. The number of carbonyl (C=O) groups excluding carboxylic acids is 1. The topological polar surface area (TPSA) is 148 Å². The van der Waals surface area contributed by atoms with Crippen LogP contribution in [0.2, 0.25) is 0 Å². The molecule has 12 nitrogen and oxygen atoms in total. The second kappa shape index (κ2) is 13.3. The molecular weight excluding hydrogens is 632 g/mol. The van der Waals surface area contributed by atoms with Crippen molar-refractivity contribution >= 4 is 39.8 Å². The summed E-state index contributed by atoms with van der Waals surface area (Å²) in [4.78, 5) is 36.1. The van der Waals surface area contributed by atoms with Crippen LogP contribution in [-0.2, 0) is 11.2 Å². The summed E-state index contributed by atoms with van der Waals surface area (Å²) < 4.78 is 15.6. The maximum atomic E-state index is 13.6. The second-order valence-corrected chi connectivity index (χ2v) is 13.1. The Hall–Kier alpha value is -4.97. The molecule has 2 aliphatic rings.